The molecule has 0 fully saturated rings. The predicted molar refractivity (Wildman–Crippen MR) is 119 cm³/mol. The average Bonchev–Trinajstić information content (AvgIpc) is 3.50. The van der Waals surface area contributed by atoms with Gasteiger partial charge in [0.25, 0.3) is 0 Å². The number of aromatic amines is 1. The summed E-state index contributed by atoms with van der Waals surface area (Å²) in [7, 11) is 0. The Kier molecular flexibility index (Phi) is 6.76. The molecule has 0 amide bonds. The van der Waals surface area contributed by atoms with Crippen LogP contribution in [0, 0.1) is 5.92 Å². The Morgan fingerprint density at radius 2 is 1.87 bits per heavy atom. The Labute approximate surface area is 182 Å². The number of hydrogen-bond donors (Lipinski definition) is 1. The van der Waals surface area contributed by atoms with Crippen molar-refractivity contribution >= 4 is 0 Å². The van der Waals surface area contributed by atoms with Crippen LogP contribution in [0.15, 0.2) is 48.9 Å². The third-order valence-electron chi connectivity index (χ3n) is 5.61. The molecule has 0 saturated carbocycles. The van der Waals surface area contributed by atoms with Crippen molar-refractivity contribution in [3.63, 3.8) is 0 Å². The van der Waals surface area contributed by atoms with Gasteiger partial charge in [0.1, 0.15) is 6.33 Å². The maximum Gasteiger partial charge on any atom is 0.205 e. The molecule has 1 atom stereocenters. The van der Waals surface area contributed by atoms with Gasteiger partial charge in [-0.15, -0.1) is 10.2 Å². The van der Waals surface area contributed by atoms with Gasteiger partial charge in [-0.2, -0.15) is 10.3 Å². The summed E-state index contributed by atoms with van der Waals surface area (Å²) >= 11 is 0. The predicted octanol–water partition coefficient (Wildman–Crippen LogP) is 4.33. The molecule has 0 aliphatic carbocycles. The first-order valence-corrected chi connectivity index (χ1v) is 10.9. The Bertz CT molecular complexity index is 1070. The van der Waals surface area contributed by atoms with E-state index in [0.717, 1.165) is 47.0 Å². The average molecular weight is 417 g/mol. The van der Waals surface area contributed by atoms with Crippen molar-refractivity contribution in [2.45, 2.75) is 52.5 Å². The number of hydrogen-bond acceptors (Lipinski definition) is 6. The third-order valence-corrected chi connectivity index (χ3v) is 5.61. The SMILES string of the molecule is CCCC(CC)CCc1ncn(Cc2ccc(-c3ccccc3-c3nn[nH]n3)cn2)n1. The summed E-state index contributed by atoms with van der Waals surface area (Å²) in [6.45, 7) is 5.12. The molecule has 1 aromatic carbocycles. The van der Waals surface area contributed by atoms with Crippen LogP contribution in [0.3, 0.4) is 0 Å². The second kappa shape index (κ2) is 10.1. The summed E-state index contributed by atoms with van der Waals surface area (Å²) in [6, 6.07) is 12.1. The molecule has 0 aliphatic rings. The molecule has 1 unspecified atom stereocenters. The van der Waals surface area contributed by atoms with Crippen LogP contribution in [0.25, 0.3) is 22.5 Å². The van der Waals surface area contributed by atoms with Crippen LogP contribution in [0.4, 0.5) is 0 Å². The van der Waals surface area contributed by atoms with Gasteiger partial charge in [-0.3, -0.25) is 4.98 Å². The van der Waals surface area contributed by atoms with E-state index in [-0.39, 0.29) is 0 Å². The maximum absolute atomic E-state index is 4.64. The van der Waals surface area contributed by atoms with E-state index in [0.29, 0.717) is 12.4 Å². The zero-order chi connectivity index (χ0) is 21.5. The molecule has 31 heavy (non-hydrogen) atoms. The number of aromatic nitrogens is 8. The van der Waals surface area contributed by atoms with Crippen LogP contribution in [-0.2, 0) is 13.0 Å². The topological polar surface area (TPSA) is 98.1 Å². The zero-order valence-electron chi connectivity index (χ0n) is 18.1. The lowest BCUT2D eigenvalue weighted by molar-refractivity contribution is 0.428. The fraction of sp³-hybridized carbons (Fsp3) is 0.391. The summed E-state index contributed by atoms with van der Waals surface area (Å²) in [5.41, 5.74) is 3.88. The molecule has 0 bridgehead atoms. The van der Waals surface area contributed by atoms with Crippen LogP contribution in [0.5, 0.6) is 0 Å². The van der Waals surface area contributed by atoms with Gasteiger partial charge in [-0.05, 0) is 29.2 Å². The molecular formula is C23H28N8. The van der Waals surface area contributed by atoms with E-state index in [2.05, 4.69) is 55.6 Å². The van der Waals surface area contributed by atoms with E-state index in [1.54, 1.807) is 6.33 Å². The van der Waals surface area contributed by atoms with Crippen molar-refractivity contribution in [3.05, 3.63) is 60.4 Å². The van der Waals surface area contributed by atoms with Crippen LogP contribution in [0.1, 0.15) is 51.0 Å². The van der Waals surface area contributed by atoms with Gasteiger partial charge in [-0.1, -0.05) is 63.4 Å². The van der Waals surface area contributed by atoms with E-state index in [1.165, 1.54) is 19.3 Å². The number of rotatable bonds is 10. The van der Waals surface area contributed by atoms with Crippen LogP contribution < -0.4 is 0 Å². The van der Waals surface area contributed by atoms with Gasteiger partial charge in [0.15, 0.2) is 5.82 Å². The number of H-pyrrole nitrogens is 1. The standard InChI is InChI=1S/C23H28N8/c1-3-7-17(4-2)10-13-22-25-16-31(28-22)15-19-12-11-18(14-24-19)20-8-5-6-9-21(20)23-26-29-30-27-23/h5-6,8-9,11-12,14,16-17H,3-4,7,10,13,15H2,1-2H3,(H,26,27,29,30). The first kappa shape index (κ1) is 20.8. The third kappa shape index (κ3) is 5.20. The fourth-order valence-corrected chi connectivity index (χ4v) is 3.87. The fourth-order valence-electron chi connectivity index (χ4n) is 3.87. The zero-order valence-corrected chi connectivity index (χ0v) is 18.1. The first-order chi connectivity index (χ1) is 15.3. The quantitative estimate of drug-likeness (QED) is 0.413. The minimum absolute atomic E-state index is 0.569. The lowest BCUT2D eigenvalue weighted by atomic mass is 9.95. The summed E-state index contributed by atoms with van der Waals surface area (Å²) in [5.74, 6) is 2.25. The molecule has 8 heteroatoms. The molecule has 3 aromatic heterocycles. The van der Waals surface area contributed by atoms with Crippen molar-refractivity contribution in [3.8, 4) is 22.5 Å². The maximum atomic E-state index is 4.64. The van der Waals surface area contributed by atoms with E-state index >= 15 is 0 Å². The molecule has 4 rings (SSSR count). The number of aryl methyl sites for hydroxylation is 1. The van der Waals surface area contributed by atoms with Crippen molar-refractivity contribution in [2.24, 2.45) is 5.92 Å². The van der Waals surface area contributed by atoms with Crippen molar-refractivity contribution in [1.82, 2.24) is 40.4 Å². The Morgan fingerprint density at radius 3 is 2.58 bits per heavy atom. The molecule has 4 aromatic rings. The molecule has 0 spiro atoms. The summed E-state index contributed by atoms with van der Waals surface area (Å²) in [5, 5.41) is 19.0. The molecule has 0 radical (unpaired) electrons. The van der Waals surface area contributed by atoms with Gasteiger partial charge >= 0.3 is 0 Å². The lowest BCUT2D eigenvalue weighted by Crippen LogP contribution is -2.05. The van der Waals surface area contributed by atoms with Gasteiger partial charge < -0.3 is 0 Å². The van der Waals surface area contributed by atoms with E-state index in [9.17, 15) is 0 Å². The highest BCUT2D eigenvalue weighted by atomic mass is 15.5. The minimum atomic E-state index is 0.569. The van der Waals surface area contributed by atoms with E-state index < -0.39 is 0 Å². The highest BCUT2D eigenvalue weighted by molar-refractivity contribution is 5.79. The Balaban J connectivity index is 1.42. The number of nitrogens with one attached hydrogen (secondary N) is 1. The van der Waals surface area contributed by atoms with E-state index in [4.69, 9.17) is 0 Å². The van der Waals surface area contributed by atoms with Gasteiger partial charge in [0.05, 0.1) is 12.2 Å². The van der Waals surface area contributed by atoms with Crippen molar-refractivity contribution in [2.75, 3.05) is 0 Å². The molecule has 3 heterocycles. The van der Waals surface area contributed by atoms with Gasteiger partial charge in [0.2, 0.25) is 5.82 Å². The number of pyridine rings is 1. The summed E-state index contributed by atoms with van der Waals surface area (Å²) in [4.78, 5) is 9.13. The summed E-state index contributed by atoms with van der Waals surface area (Å²) in [6.07, 6.45) is 9.51. The smallest absolute Gasteiger partial charge is 0.205 e. The van der Waals surface area contributed by atoms with Gasteiger partial charge in [-0.25, -0.2) is 9.67 Å². The summed E-state index contributed by atoms with van der Waals surface area (Å²) < 4.78 is 1.87. The van der Waals surface area contributed by atoms with Crippen molar-refractivity contribution < 1.29 is 0 Å². The van der Waals surface area contributed by atoms with Gasteiger partial charge in [0, 0.05) is 23.7 Å². The Hall–Kier alpha value is -3.42. The van der Waals surface area contributed by atoms with E-state index in [1.807, 2.05) is 41.2 Å². The molecule has 160 valence electrons. The molecule has 0 aliphatic heterocycles. The molecule has 8 nitrogen and oxygen atoms in total. The highest BCUT2D eigenvalue weighted by Crippen LogP contribution is 2.29. The molecular weight excluding hydrogens is 388 g/mol. The largest absolute Gasteiger partial charge is 0.259 e. The highest BCUT2D eigenvalue weighted by Gasteiger charge is 2.12. The molecule has 0 saturated heterocycles. The number of tetrazole rings is 1. The lowest BCUT2D eigenvalue weighted by Gasteiger charge is -2.11. The van der Waals surface area contributed by atoms with Crippen LogP contribution in [0.2, 0.25) is 0 Å². The monoisotopic (exact) mass is 416 g/mol. The van der Waals surface area contributed by atoms with Crippen LogP contribution in [-0.4, -0.2) is 40.4 Å². The number of nitrogens with zero attached hydrogens (tertiary/aromatic N) is 7. The Morgan fingerprint density at radius 1 is 1.00 bits per heavy atom. The first-order valence-electron chi connectivity index (χ1n) is 10.9. The van der Waals surface area contributed by atoms with Crippen molar-refractivity contribution in [1.29, 1.82) is 0 Å². The minimum Gasteiger partial charge on any atom is -0.259 e. The normalized spacial score (nSPS) is 12.2. The van der Waals surface area contributed by atoms with Crippen LogP contribution >= 0.6 is 0 Å². The second-order valence-corrected chi connectivity index (χ2v) is 7.78. The number of benzene rings is 1. The second-order valence-electron chi connectivity index (χ2n) is 7.78. The molecule has 1 N–H and O–H groups in total.